The van der Waals surface area contributed by atoms with Crippen LogP contribution in [0.5, 0.6) is 0 Å². The van der Waals surface area contributed by atoms with Crippen LogP contribution in [-0.2, 0) is 4.74 Å². The summed E-state index contributed by atoms with van der Waals surface area (Å²) in [5.41, 5.74) is 0. The third-order valence-electron chi connectivity index (χ3n) is 3.71. The van der Waals surface area contributed by atoms with Gasteiger partial charge >= 0.3 is 0 Å². The van der Waals surface area contributed by atoms with Crippen LogP contribution in [0, 0.1) is 5.92 Å². The summed E-state index contributed by atoms with van der Waals surface area (Å²) in [7, 11) is 5.71. The molecule has 0 spiro atoms. The predicted molar refractivity (Wildman–Crippen MR) is 112 cm³/mol. The summed E-state index contributed by atoms with van der Waals surface area (Å²) in [4.78, 5) is 6.59. The minimum Gasteiger partial charge on any atom is -0.383 e. The first-order chi connectivity index (χ1) is 10.5. The van der Waals surface area contributed by atoms with Gasteiger partial charge in [-0.3, -0.25) is 4.99 Å². The van der Waals surface area contributed by atoms with Crippen LogP contribution >= 0.6 is 24.0 Å². The van der Waals surface area contributed by atoms with Gasteiger partial charge < -0.3 is 20.3 Å². The monoisotopic (exact) mass is 442 g/mol. The van der Waals surface area contributed by atoms with Gasteiger partial charge in [-0.1, -0.05) is 26.7 Å². The number of aliphatic imine (C=N–C) groups is 1. The Kier molecular flexibility index (Phi) is 18.3. The molecule has 0 bridgehead atoms. The van der Waals surface area contributed by atoms with Crippen LogP contribution in [-0.4, -0.2) is 64.3 Å². The van der Waals surface area contributed by atoms with Gasteiger partial charge in [-0.15, -0.1) is 24.0 Å². The van der Waals surface area contributed by atoms with Crippen molar-refractivity contribution in [1.82, 2.24) is 15.5 Å². The van der Waals surface area contributed by atoms with Gasteiger partial charge in [0, 0.05) is 33.3 Å². The van der Waals surface area contributed by atoms with E-state index in [2.05, 4.69) is 48.3 Å². The molecule has 2 N–H and O–H groups in total. The molecular weight excluding hydrogens is 403 g/mol. The first-order valence-electron chi connectivity index (χ1n) is 8.64. The lowest BCUT2D eigenvalue weighted by Gasteiger charge is -2.19. The Balaban J connectivity index is 0. The van der Waals surface area contributed by atoms with Gasteiger partial charge in [0.05, 0.1) is 6.61 Å². The molecular formula is C17H39IN4O. The largest absolute Gasteiger partial charge is 0.383 e. The Morgan fingerprint density at radius 1 is 1.13 bits per heavy atom. The topological polar surface area (TPSA) is 48.9 Å². The Morgan fingerprint density at radius 3 is 2.39 bits per heavy atom. The Hall–Kier alpha value is -0.0800. The third kappa shape index (κ3) is 16.6. The lowest BCUT2D eigenvalue weighted by Crippen LogP contribution is -2.43. The second kappa shape index (κ2) is 16.8. The van der Waals surface area contributed by atoms with Crippen LogP contribution in [0.15, 0.2) is 4.99 Å². The SMILES string of the molecule is CN=C(NCCCN(C)CCOC)NC(C)CCCC(C)C.I. The lowest BCUT2D eigenvalue weighted by molar-refractivity contribution is 0.161. The van der Waals surface area contributed by atoms with E-state index >= 15 is 0 Å². The number of nitrogens with one attached hydrogen (secondary N) is 2. The fourth-order valence-electron chi connectivity index (χ4n) is 2.25. The molecule has 0 rings (SSSR count). The fourth-order valence-corrected chi connectivity index (χ4v) is 2.25. The quantitative estimate of drug-likeness (QED) is 0.211. The lowest BCUT2D eigenvalue weighted by atomic mass is 10.0. The highest BCUT2D eigenvalue weighted by Crippen LogP contribution is 2.08. The zero-order chi connectivity index (χ0) is 16.8. The molecule has 5 nitrogen and oxygen atoms in total. The summed E-state index contributed by atoms with van der Waals surface area (Å²) in [5.74, 6) is 1.70. The minimum atomic E-state index is 0. The van der Waals surface area contributed by atoms with E-state index in [4.69, 9.17) is 4.74 Å². The molecule has 0 aliphatic carbocycles. The molecule has 0 aromatic rings. The summed E-state index contributed by atoms with van der Waals surface area (Å²) >= 11 is 0. The van der Waals surface area contributed by atoms with Gasteiger partial charge in [-0.2, -0.15) is 0 Å². The molecule has 1 atom stereocenters. The zero-order valence-electron chi connectivity index (χ0n) is 16.0. The standard InChI is InChI=1S/C17H38N4O.HI/c1-15(2)9-7-10-16(3)20-17(18-4)19-11-8-12-21(5)13-14-22-6;/h15-16H,7-14H2,1-6H3,(H2,18,19,20);1H. The maximum Gasteiger partial charge on any atom is 0.191 e. The molecule has 0 amide bonds. The molecule has 1 unspecified atom stereocenters. The first-order valence-corrected chi connectivity index (χ1v) is 8.64. The number of nitrogens with zero attached hydrogens (tertiary/aromatic N) is 2. The average molecular weight is 442 g/mol. The summed E-state index contributed by atoms with van der Waals surface area (Å²) in [6.07, 6.45) is 4.86. The van der Waals surface area contributed by atoms with Gasteiger partial charge in [0.1, 0.15) is 0 Å². The van der Waals surface area contributed by atoms with Crippen molar-refractivity contribution in [2.24, 2.45) is 10.9 Å². The van der Waals surface area contributed by atoms with E-state index in [-0.39, 0.29) is 24.0 Å². The molecule has 0 aromatic heterocycles. The molecule has 0 saturated carbocycles. The molecule has 140 valence electrons. The second-order valence-electron chi connectivity index (χ2n) is 6.52. The number of hydrogen-bond acceptors (Lipinski definition) is 3. The van der Waals surface area contributed by atoms with E-state index in [9.17, 15) is 0 Å². The van der Waals surface area contributed by atoms with Gasteiger partial charge in [-0.05, 0) is 39.3 Å². The van der Waals surface area contributed by atoms with E-state index in [0.29, 0.717) is 6.04 Å². The number of hydrogen-bond donors (Lipinski definition) is 2. The second-order valence-corrected chi connectivity index (χ2v) is 6.52. The van der Waals surface area contributed by atoms with Crippen molar-refractivity contribution >= 4 is 29.9 Å². The molecule has 6 heteroatoms. The summed E-state index contributed by atoms with van der Waals surface area (Å²) in [6.45, 7) is 10.6. The highest BCUT2D eigenvalue weighted by atomic mass is 127. The van der Waals surface area contributed by atoms with Crippen molar-refractivity contribution in [3.63, 3.8) is 0 Å². The van der Waals surface area contributed by atoms with Crippen molar-refractivity contribution in [3.8, 4) is 0 Å². The molecule has 0 radical (unpaired) electrons. The van der Waals surface area contributed by atoms with E-state index < -0.39 is 0 Å². The number of guanidine groups is 1. The van der Waals surface area contributed by atoms with Gasteiger partial charge in [-0.25, -0.2) is 0 Å². The van der Waals surface area contributed by atoms with Crippen LogP contribution in [0.2, 0.25) is 0 Å². The predicted octanol–water partition coefficient (Wildman–Crippen LogP) is 2.95. The smallest absolute Gasteiger partial charge is 0.191 e. The average Bonchev–Trinajstić information content (AvgIpc) is 2.47. The number of halogens is 1. The summed E-state index contributed by atoms with van der Waals surface area (Å²) < 4.78 is 5.08. The van der Waals surface area contributed by atoms with Crippen LogP contribution in [0.3, 0.4) is 0 Å². The van der Waals surface area contributed by atoms with Gasteiger partial charge in [0.2, 0.25) is 0 Å². The van der Waals surface area contributed by atoms with Crippen molar-refractivity contribution < 1.29 is 4.74 Å². The van der Waals surface area contributed by atoms with Gasteiger partial charge in [0.15, 0.2) is 5.96 Å². The van der Waals surface area contributed by atoms with Crippen molar-refractivity contribution in [1.29, 1.82) is 0 Å². The van der Waals surface area contributed by atoms with E-state index in [0.717, 1.165) is 44.5 Å². The normalized spacial score (nSPS) is 13.1. The Labute approximate surface area is 161 Å². The van der Waals surface area contributed by atoms with E-state index in [1.165, 1.54) is 19.3 Å². The molecule has 0 fully saturated rings. The zero-order valence-corrected chi connectivity index (χ0v) is 18.4. The number of ether oxygens (including phenoxy) is 1. The molecule has 0 aliphatic rings. The van der Waals surface area contributed by atoms with Crippen LogP contribution < -0.4 is 10.6 Å². The molecule has 0 aliphatic heterocycles. The molecule has 0 saturated heterocycles. The highest BCUT2D eigenvalue weighted by Gasteiger charge is 2.05. The summed E-state index contributed by atoms with van der Waals surface area (Å²) in [6, 6.07) is 0.467. The molecule has 0 heterocycles. The highest BCUT2D eigenvalue weighted by molar-refractivity contribution is 14.0. The molecule has 0 aromatic carbocycles. The van der Waals surface area contributed by atoms with Crippen molar-refractivity contribution in [2.75, 3.05) is 47.4 Å². The van der Waals surface area contributed by atoms with Crippen molar-refractivity contribution in [3.05, 3.63) is 0 Å². The number of rotatable bonds is 12. The minimum absolute atomic E-state index is 0. The Bertz CT molecular complexity index is 288. The van der Waals surface area contributed by atoms with E-state index in [1.807, 2.05) is 7.05 Å². The van der Waals surface area contributed by atoms with E-state index in [1.54, 1.807) is 7.11 Å². The Morgan fingerprint density at radius 2 is 1.83 bits per heavy atom. The maximum absolute atomic E-state index is 5.08. The van der Waals surface area contributed by atoms with Crippen molar-refractivity contribution in [2.45, 2.75) is 52.5 Å². The number of likely N-dealkylation sites (N-methyl/N-ethyl adjacent to an activating group) is 1. The maximum atomic E-state index is 5.08. The fraction of sp³-hybridized carbons (Fsp3) is 0.941. The third-order valence-corrected chi connectivity index (χ3v) is 3.71. The van der Waals surface area contributed by atoms with Crippen LogP contribution in [0.4, 0.5) is 0 Å². The van der Waals surface area contributed by atoms with Crippen LogP contribution in [0.1, 0.15) is 46.5 Å². The summed E-state index contributed by atoms with van der Waals surface area (Å²) in [5, 5.41) is 6.86. The van der Waals surface area contributed by atoms with Crippen LogP contribution in [0.25, 0.3) is 0 Å². The van der Waals surface area contributed by atoms with Gasteiger partial charge in [0.25, 0.3) is 0 Å². The first kappa shape index (κ1) is 25.2. The molecule has 23 heavy (non-hydrogen) atoms. The number of methoxy groups -OCH3 is 1.